The maximum Gasteiger partial charge on any atom is 0.255 e. The van der Waals surface area contributed by atoms with Crippen molar-refractivity contribution in [3.63, 3.8) is 0 Å². The summed E-state index contributed by atoms with van der Waals surface area (Å²) in [5.41, 5.74) is 2.31. The first kappa shape index (κ1) is 21.1. The Bertz CT molecular complexity index is 1040. The molecule has 1 N–H and O–H groups in total. The summed E-state index contributed by atoms with van der Waals surface area (Å²) in [6.07, 6.45) is 0. The Hall–Kier alpha value is -3.12. The third-order valence-corrected chi connectivity index (χ3v) is 6.70. The van der Waals surface area contributed by atoms with E-state index in [1.165, 1.54) is 24.3 Å². The highest BCUT2D eigenvalue weighted by Crippen LogP contribution is 2.42. The molecule has 1 heterocycles. The van der Waals surface area contributed by atoms with Crippen LogP contribution in [0.25, 0.3) is 0 Å². The zero-order chi connectivity index (χ0) is 21.8. The number of carbonyl (C=O) groups is 2. The number of amides is 2. The molecule has 31 heavy (non-hydrogen) atoms. The predicted molar refractivity (Wildman–Crippen MR) is 121 cm³/mol. The third kappa shape index (κ3) is 4.64. The first-order valence-corrected chi connectivity index (χ1v) is 11.2. The molecule has 0 bridgehead atoms. The van der Waals surface area contributed by atoms with Crippen molar-refractivity contribution in [1.29, 1.82) is 0 Å². The summed E-state index contributed by atoms with van der Waals surface area (Å²) in [7, 11) is 0. The molecule has 3 aromatic rings. The summed E-state index contributed by atoms with van der Waals surface area (Å²) in [4.78, 5) is 28.3. The Morgan fingerprint density at radius 1 is 0.968 bits per heavy atom. The van der Waals surface area contributed by atoms with E-state index >= 15 is 0 Å². The standard InChI is InChI=1S/C25H23FN2O2S/c1-17(18-8-4-2-5-9-18)27-23(29)22-16-31-25(20-10-6-3-7-11-20)28(22)24(30)19-12-14-21(26)15-13-19/h2-15,17,22,25H,16H2,1H3,(H,27,29). The Morgan fingerprint density at radius 3 is 2.23 bits per heavy atom. The van der Waals surface area contributed by atoms with Crippen molar-refractivity contribution in [2.24, 2.45) is 0 Å². The SMILES string of the molecule is CC(NC(=O)C1CSC(c2ccccc2)N1C(=O)c1ccc(F)cc1)c1ccccc1. The van der Waals surface area contributed by atoms with Gasteiger partial charge in [-0.1, -0.05) is 60.7 Å². The molecule has 1 fully saturated rings. The number of nitrogens with one attached hydrogen (secondary N) is 1. The van der Waals surface area contributed by atoms with E-state index in [0.29, 0.717) is 11.3 Å². The predicted octanol–water partition coefficient (Wildman–Crippen LogP) is 4.96. The second kappa shape index (κ2) is 9.35. The summed E-state index contributed by atoms with van der Waals surface area (Å²) in [5.74, 6) is -0.401. The van der Waals surface area contributed by atoms with Crippen LogP contribution < -0.4 is 5.32 Å². The van der Waals surface area contributed by atoms with Gasteiger partial charge in [-0.2, -0.15) is 0 Å². The zero-order valence-corrected chi connectivity index (χ0v) is 17.9. The Morgan fingerprint density at radius 2 is 1.58 bits per heavy atom. The molecule has 0 spiro atoms. The lowest BCUT2D eigenvalue weighted by Gasteiger charge is -2.30. The second-order valence-corrected chi connectivity index (χ2v) is 8.59. The van der Waals surface area contributed by atoms with Crippen molar-refractivity contribution < 1.29 is 14.0 Å². The van der Waals surface area contributed by atoms with E-state index in [4.69, 9.17) is 0 Å². The number of hydrogen-bond donors (Lipinski definition) is 1. The molecule has 0 aromatic heterocycles. The molecule has 1 aliphatic heterocycles. The second-order valence-electron chi connectivity index (χ2n) is 7.47. The van der Waals surface area contributed by atoms with Crippen molar-refractivity contribution in [3.8, 4) is 0 Å². The van der Waals surface area contributed by atoms with Gasteiger partial charge >= 0.3 is 0 Å². The van der Waals surface area contributed by atoms with Crippen LogP contribution in [0.4, 0.5) is 4.39 Å². The average Bonchev–Trinajstić information content (AvgIpc) is 3.25. The molecule has 0 saturated carbocycles. The topological polar surface area (TPSA) is 49.4 Å². The summed E-state index contributed by atoms with van der Waals surface area (Å²) in [5, 5.41) is 2.76. The van der Waals surface area contributed by atoms with Crippen LogP contribution in [0.3, 0.4) is 0 Å². The van der Waals surface area contributed by atoms with Crippen LogP contribution in [-0.4, -0.2) is 28.5 Å². The van der Waals surface area contributed by atoms with Crippen LogP contribution in [-0.2, 0) is 4.79 Å². The van der Waals surface area contributed by atoms with Gasteiger partial charge < -0.3 is 10.2 Å². The lowest BCUT2D eigenvalue weighted by molar-refractivity contribution is -0.125. The molecule has 4 rings (SSSR count). The Labute approximate surface area is 185 Å². The molecule has 3 aromatic carbocycles. The molecule has 3 atom stereocenters. The number of halogens is 1. The van der Waals surface area contributed by atoms with Crippen LogP contribution in [0, 0.1) is 5.82 Å². The normalized spacial score (nSPS) is 19.1. The highest BCUT2D eigenvalue weighted by Gasteiger charge is 2.42. The highest BCUT2D eigenvalue weighted by atomic mass is 32.2. The van der Waals surface area contributed by atoms with Crippen molar-refractivity contribution in [3.05, 3.63) is 107 Å². The van der Waals surface area contributed by atoms with E-state index in [9.17, 15) is 14.0 Å². The van der Waals surface area contributed by atoms with Crippen LogP contribution in [0.1, 0.15) is 39.8 Å². The van der Waals surface area contributed by atoms with Gasteiger partial charge in [0.25, 0.3) is 5.91 Å². The third-order valence-electron chi connectivity index (χ3n) is 5.37. The molecule has 3 unspecified atom stereocenters. The number of thioether (sulfide) groups is 1. The van der Waals surface area contributed by atoms with Gasteiger partial charge in [0.2, 0.25) is 5.91 Å². The van der Waals surface area contributed by atoms with Gasteiger partial charge in [-0.25, -0.2) is 4.39 Å². The number of nitrogens with zero attached hydrogens (tertiary/aromatic N) is 1. The maximum absolute atomic E-state index is 13.4. The fraction of sp³-hybridized carbons (Fsp3) is 0.200. The number of carbonyl (C=O) groups excluding carboxylic acids is 2. The van der Waals surface area contributed by atoms with Gasteiger partial charge in [0.1, 0.15) is 17.2 Å². The minimum atomic E-state index is -0.626. The first-order chi connectivity index (χ1) is 15.0. The van der Waals surface area contributed by atoms with Gasteiger partial charge in [-0.05, 0) is 42.3 Å². The van der Waals surface area contributed by atoms with Gasteiger partial charge in [-0.15, -0.1) is 11.8 Å². The maximum atomic E-state index is 13.4. The van der Waals surface area contributed by atoms with E-state index in [1.807, 2.05) is 67.6 Å². The fourth-order valence-electron chi connectivity index (χ4n) is 3.71. The molecule has 4 nitrogen and oxygen atoms in total. The molecular weight excluding hydrogens is 411 g/mol. The van der Waals surface area contributed by atoms with Crippen molar-refractivity contribution in [2.75, 3.05) is 5.75 Å². The van der Waals surface area contributed by atoms with E-state index in [0.717, 1.165) is 11.1 Å². The minimum absolute atomic E-state index is 0.183. The number of rotatable bonds is 5. The van der Waals surface area contributed by atoms with Crippen molar-refractivity contribution >= 4 is 23.6 Å². The van der Waals surface area contributed by atoms with E-state index < -0.39 is 11.9 Å². The zero-order valence-electron chi connectivity index (χ0n) is 17.1. The average molecular weight is 435 g/mol. The smallest absolute Gasteiger partial charge is 0.255 e. The highest BCUT2D eigenvalue weighted by molar-refractivity contribution is 7.99. The molecule has 2 amide bonds. The quantitative estimate of drug-likeness (QED) is 0.618. The largest absolute Gasteiger partial charge is 0.348 e. The van der Waals surface area contributed by atoms with Gasteiger partial charge in [0.15, 0.2) is 0 Å². The van der Waals surface area contributed by atoms with Crippen molar-refractivity contribution in [1.82, 2.24) is 10.2 Å². The summed E-state index contributed by atoms with van der Waals surface area (Å²) in [6.45, 7) is 1.93. The number of benzene rings is 3. The molecule has 0 aliphatic carbocycles. The summed E-state index contributed by atoms with van der Waals surface area (Å²) in [6, 6.07) is 24.0. The molecular formula is C25H23FN2O2S. The van der Waals surface area contributed by atoms with E-state index in [1.54, 1.807) is 16.7 Å². The Kier molecular flexibility index (Phi) is 6.37. The minimum Gasteiger partial charge on any atom is -0.348 e. The first-order valence-electron chi connectivity index (χ1n) is 10.1. The molecule has 6 heteroatoms. The molecule has 158 valence electrons. The molecule has 1 aliphatic rings. The summed E-state index contributed by atoms with van der Waals surface area (Å²) < 4.78 is 13.4. The van der Waals surface area contributed by atoms with Crippen LogP contribution in [0.2, 0.25) is 0 Å². The Balaban J connectivity index is 1.61. The number of hydrogen-bond acceptors (Lipinski definition) is 3. The van der Waals surface area contributed by atoms with Crippen molar-refractivity contribution in [2.45, 2.75) is 24.4 Å². The van der Waals surface area contributed by atoms with E-state index in [2.05, 4.69) is 5.32 Å². The molecule has 1 saturated heterocycles. The van der Waals surface area contributed by atoms with Crippen LogP contribution in [0.5, 0.6) is 0 Å². The monoisotopic (exact) mass is 434 g/mol. The summed E-state index contributed by atoms with van der Waals surface area (Å²) >= 11 is 1.56. The lowest BCUT2D eigenvalue weighted by Crippen LogP contribution is -2.48. The lowest BCUT2D eigenvalue weighted by atomic mass is 10.1. The van der Waals surface area contributed by atoms with Crippen LogP contribution >= 0.6 is 11.8 Å². The fourth-order valence-corrected chi connectivity index (χ4v) is 5.14. The van der Waals surface area contributed by atoms with E-state index in [-0.39, 0.29) is 23.2 Å². The van der Waals surface area contributed by atoms with Gasteiger partial charge in [0, 0.05) is 11.3 Å². The molecule has 0 radical (unpaired) electrons. The van der Waals surface area contributed by atoms with Gasteiger partial charge in [0.05, 0.1) is 6.04 Å². The van der Waals surface area contributed by atoms with Crippen LogP contribution in [0.15, 0.2) is 84.9 Å². The van der Waals surface area contributed by atoms with Gasteiger partial charge in [-0.3, -0.25) is 9.59 Å².